The van der Waals surface area contributed by atoms with Crippen LogP contribution in [0, 0.1) is 17.1 Å². The number of amides is 2. The standard InChI is InChI=1S/C19H16FN3O2/c20-16-5-1-3-14(11-16)7-8-18(24)22-13-15-4-2-6-17(12-15)23-19(25)9-10-21/h1-8,11-12H,9,13H2,(H,22,24)(H,23,25)/b8-7+. The van der Waals surface area contributed by atoms with Crippen LogP contribution in [0.3, 0.4) is 0 Å². The van der Waals surface area contributed by atoms with Crippen molar-refractivity contribution in [2.24, 2.45) is 0 Å². The Hall–Kier alpha value is -3.46. The number of nitrogens with one attached hydrogen (secondary N) is 2. The van der Waals surface area contributed by atoms with Gasteiger partial charge in [-0.05, 0) is 41.5 Å². The molecule has 2 aromatic carbocycles. The van der Waals surface area contributed by atoms with Gasteiger partial charge in [-0.25, -0.2) is 4.39 Å². The first-order valence-corrected chi connectivity index (χ1v) is 7.54. The Morgan fingerprint density at radius 2 is 1.96 bits per heavy atom. The van der Waals surface area contributed by atoms with Gasteiger partial charge in [-0.15, -0.1) is 0 Å². The van der Waals surface area contributed by atoms with E-state index in [1.807, 2.05) is 0 Å². The van der Waals surface area contributed by atoms with Crippen molar-refractivity contribution in [2.75, 3.05) is 5.32 Å². The van der Waals surface area contributed by atoms with Crippen molar-refractivity contribution < 1.29 is 14.0 Å². The van der Waals surface area contributed by atoms with E-state index in [0.717, 1.165) is 5.56 Å². The largest absolute Gasteiger partial charge is 0.348 e. The fourth-order valence-corrected chi connectivity index (χ4v) is 2.07. The van der Waals surface area contributed by atoms with E-state index in [-0.39, 0.29) is 30.6 Å². The molecule has 0 heterocycles. The lowest BCUT2D eigenvalue weighted by Crippen LogP contribution is -2.20. The first kappa shape index (κ1) is 17.9. The van der Waals surface area contributed by atoms with Crippen LogP contribution in [-0.4, -0.2) is 11.8 Å². The molecular formula is C19H16FN3O2. The molecule has 0 fully saturated rings. The maximum Gasteiger partial charge on any atom is 0.244 e. The van der Waals surface area contributed by atoms with Crippen molar-refractivity contribution in [3.63, 3.8) is 0 Å². The molecule has 0 unspecified atom stereocenters. The predicted molar refractivity (Wildman–Crippen MR) is 92.6 cm³/mol. The molecular weight excluding hydrogens is 321 g/mol. The zero-order valence-corrected chi connectivity index (χ0v) is 13.3. The van der Waals surface area contributed by atoms with Crippen LogP contribution in [0.15, 0.2) is 54.6 Å². The number of nitriles is 1. The normalized spacial score (nSPS) is 10.2. The second-order valence-electron chi connectivity index (χ2n) is 5.19. The highest BCUT2D eigenvalue weighted by molar-refractivity contribution is 5.92. The number of hydrogen-bond acceptors (Lipinski definition) is 3. The Bertz CT molecular complexity index is 841. The third kappa shape index (κ3) is 6.28. The van der Waals surface area contributed by atoms with Gasteiger partial charge in [0.15, 0.2) is 0 Å². The summed E-state index contributed by atoms with van der Waals surface area (Å²) in [6.07, 6.45) is 2.64. The molecule has 2 N–H and O–H groups in total. The van der Waals surface area contributed by atoms with E-state index >= 15 is 0 Å². The highest BCUT2D eigenvalue weighted by Crippen LogP contribution is 2.11. The number of carbonyl (C=O) groups is 2. The van der Waals surface area contributed by atoms with Crippen LogP contribution in [0.2, 0.25) is 0 Å². The summed E-state index contributed by atoms with van der Waals surface area (Å²) in [7, 11) is 0. The van der Waals surface area contributed by atoms with Crippen molar-refractivity contribution in [2.45, 2.75) is 13.0 Å². The molecule has 0 saturated carbocycles. The number of rotatable bonds is 6. The zero-order valence-electron chi connectivity index (χ0n) is 13.3. The molecule has 0 bridgehead atoms. The highest BCUT2D eigenvalue weighted by atomic mass is 19.1. The predicted octanol–water partition coefficient (Wildman–Crippen LogP) is 3.01. The van der Waals surface area contributed by atoms with Crippen molar-refractivity contribution in [1.82, 2.24) is 5.32 Å². The molecule has 0 aromatic heterocycles. The average molecular weight is 337 g/mol. The van der Waals surface area contributed by atoms with Gasteiger partial charge >= 0.3 is 0 Å². The summed E-state index contributed by atoms with van der Waals surface area (Å²) in [4.78, 5) is 23.2. The van der Waals surface area contributed by atoms with Crippen LogP contribution in [0.1, 0.15) is 17.5 Å². The second kappa shape index (κ2) is 8.99. The SMILES string of the molecule is N#CCC(=O)Nc1cccc(CNC(=O)/C=C/c2cccc(F)c2)c1. The van der Waals surface area contributed by atoms with Crippen LogP contribution >= 0.6 is 0 Å². The maximum atomic E-state index is 13.1. The molecule has 126 valence electrons. The lowest BCUT2D eigenvalue weighted by atomic mass is 10.2. The van der Waals surface area contributed by atoms with E-state index in [4.69, 9.17) is 5.26 Å². The summed E-state index contributed by atoms with van der Waals surface area (Å²) >= 11 is 0. The van der Waals surface area contributed by atoms with Crippen LogP contribution in [0.25, 0.3) is 6.08 Å². The molecule has 0 radical (unpaired) electrons. The topological polar surface area (TPSA) is 82.0 Å². The molecule has 5 nitrogen and oxygen atoms in total. The Labute approximate surface area is 144 Å². The van der Waals surface area contributed by atoms with Gasteiger partial charge < -0.3 is 10.6 Å². The van der Waals surface area contributed by atoms with Gasteiger partial charge in [0.1, 0.15) is 12.2 Å². The number of benzene rings is 2. The van der Waals surface area contributed by atoms with Crippen molar-refractivity contribution in [1.29, 1.82) is 5.26 Å². The molecule has 0 spiro atoms. The second-order valence-corrected chi connectivity index (χ2v) is 5.19. The number of nitrogens with zero attached hydrogens (tertiary/aromatic N) is 1. The monoisotopic (exact) mass is 337 g/mol. The van der Waals surface area contributed by atoms with Crippen molar-refractivity contribution in [3.8, 4) is 6.07 Å². The average Bonchev–Trinajstić information content (AvgIpc) is 2.59. The molecule has 6 heteroatoms. The summed E-state index contributed by atoms with van der Waals surface area (Å²) in [5.41, 5.74) is 1.95. The number of halogens is 1. The maximum absolute atomic E-state index is 13.1. The fraction of sp³-hybridized carbons (Fsp3) is 0.105. The number of anilines is 1. The lowest BCUT2D eigenvalue weighted by Gasteiger charge is -2.07. The van der Waals surface area contributed by atoms with Gasteiger partial charge in [0.2, 0.25) is 11.8 Å². The van der Waals surface area contributed by atoms with Gasteiger partial charge in [0, 0.05) is 18.3 Å². The van der Waals surface area contributed by atoms with Crippen LogP contribution in [-0.2, 0) is 16.1 Å². The van der Waals surface area contributed by atoms with Gasteiger partial charge in [-0.3, -0.25) is 9.59 Å². The van der Waals surface area contributed by atoms with Gasteiger partial charge in [-0.2, -0.15) is 5.26 Å². The highest BCUT2D eigenvalue weighted by Gasteiger charge is 2.03. The van der Waals surface area contributed by atoms with Gasteiger partial charge in [0.25, 0.3) is 0 Å². The minimum atomic E-state index is -0.387. The molecule has 2 amide bonds. The molecule has 0 aliphatic carbocycles. The van der Waals surface area contributed by atoms with E-state index < -0.39 is 0 Å². The van der Waals surface area contributed by atoms with Crippen molar-refractivity contribution in [3.05, 3.63) is 71.6 Å². The molecule has 0 atom stereocenters. The molecule has 25 heavy (non-hydrogen) atoms. The van der Waals surface area contributed by atoms with E-state index in [1.165, 1.54) is 24.3 Å². The summed E-state index contributed by atoms with van der Waals surface area (Å²) in [5.74, 6) is -1.07. The number of carbonyl (C=O) groups excluding carboxylic acids is 2. The lowest BCUT2D eigenvalue weighted by molar-refractivity contribution is -0.117. The third-order valence-electron chi connectivity index (χ3n) is 3.19. The summed E-state index contributed by atoms with van der Waals surface area (Å²) < 4.78 is 13.1. The first-order valence-electron chi connectivity index (χ1n) is 7.54. The Morgan fingerprint density at radius 1 is 1.16 bits per heavy atom. The van der Waals surface area contributed by atoms with Gasteiger partial charge in [0.05, 0.1) is 6.07 Å². The molecule has 0 aliphatic rings. The minimum absolute atomic E-state index is 0.216. The fourth-order valence-electron chi connectivity index (χ4n) is 2.07. The molecule has 2 aromatic rings. The van der Waals surface area contributed by atoms with Crippen LogP contribution in [0.5, 0.6) is 0 Å². The first-order chi connectivity index (χ1) is 12.1. The third-order valence-corrected chi connectivity index (χ3v) is 3.19. The van der Waals surface area contributed by atoms with Crippen molar-refractivity contribution >= 4 is 23.6 Å². The summed E-state index contributed by atoms with van der Waals surface area (Å²) in [6, 6.07) is 14.7. The minimum Gasteiger partial charge on any atom is -0.348 e. The smallest absolute Gasteiger partial charge is 0.244 e. The zero-order chi connectivity index (χ0) is 18.1. The number of hydrogen-bond donors (Lipinski definition) is 2. The summed E-state index contributed by atoms with van der Waals surface area (Å²) in [6.45, 7) is 0.272. The van der Waals surface area contributed by atoms with Gasteiger partial charge in [-0.1, -0.05) is 24.3 Å². The van der Waals surface area contributed by atoms with Crippen LogP contribution in [0.4, 0.5) is 10.1 Å². The quantitative estimate of drug-likeness (QED) is 0.795. The molecule has 2 rings (SSSR count). The molecule has 0 aliphatic heterocycles. The van der Waals surface area contributed by atoms with E-state index in [1.54, 1.807) is 42.5 Å². The summed E-state index contributed by atoms with van der Waals surface area (Å²) in [5, 5.41) is 13.8. The van der Waals surface area contributed by atoms with E-state index in [9.17, 15) is 14.0 Å². The molecule has 0 saturated heterocycles. The Balaban J connectivity index is 1.89. The van der Waals surface area contributed by atoms with E-state index in [2.05, 4.69) is 10.6 Å². The van der Waals surface area contributed by atoms with E-state index in [0.29, 0.717) is 11.3 Å². The van der Waals surface area contributed by atoms with Crippen LogP contribution < -0.4 is 10.6 Å². The Kier molecular flexibility index (Phi) is 6.43. The Morgan fingerprint density at radius 3 is 2.72 bits per heavy atom.